The van der Waals surface area contributed by atoms with Crippen molar-refractivity contribution >= 4 is 31.1 Å². The number of hydrogen-bond donors (Lipinski definition) is 3. The fourth-order valence-corrected chi connectivity index (χ4v) is 2.92. The number of hydrogen-bond acceptors (Lipinski definition) is 5. The zero-order chi connectivity index (χ0) is 14.3. The molecule has 0 bridgehead atoms. The van der Waals surface area contributed by atoms with Crippen LogP contribution in [0.4, 0.5) is 0 Å². The molecule has 0 spiro atoms. The van der Waals surface area contributed by atoms with Crippen LogP contribution in [0.25, 0.3) is 11.0 Å². The number of nitrogens with two attached hydrogens (primary N) is 2. The first-order valence-electron chi connectivity index (χ1n) is 5.11. The van der Waals surface area contributed by atoms with Crippen molar-refractivity contribution in [2.75, 3.05) is 0 Å². The van der Waals surface area contributed by atoms with Gasteiger partial charge in [0.15, 0.2) is 0 Å². The molecule has 0 aliphatic heterocycles. The van der Waals surface area contributed by atoms with E-state index in [2.05, 4.69) is 9.97 Å². The van der Waals surface area contributed by atoms with Crippen LogP contribution in [0.1, 0.15) is 11.4 Å². The van der Waals surface area contributed by atoms with Crippen molar-refractivity contribution in [3.05, 3.63) is 29.6 Å². The molecule has 0 aliphatic rings. The van der Waals surface area contributed by atoms with E-state index in [4.69, 9.17) is 10.3 Å². The second kappa shape index (κ2) is 4.56. The second-order valence-corrected chi connectivity index (χ2v) is 7.34. The summed E-state index contributed by atoms with van der Waals surface area (Å²) < 4.78 is 44.2. The molecule has 2 rings (SSSR count). The maximum Gasteiger partial charge on any atom is 0.216 e. The summed E-state index contributed by atoms with van der Waals surface area (Å²) in [6, 6.07) is 4.84. The van der Waals surface area contributed by atoms with Gasteiger partial charge in [0.25, 0.3) is 0 Å². The average molecular weight is 304 g/mol. The SMILES string of the molecule is NS(=O)(=O)Cc1nc2c(CS(N)(=O)=O)cccc2[nH]1. The molecule has 1 aromatic carbocycles. The number of para-hydroxylation sites is 1. The Morgan fingerprint density at radius 2 is 1.68 bits per heavy atom. The molecule has 2 aromatic rings. The normalized spacial score (nSPS) is 12.9. The van der Waals surface area contributed by atoms with Crippen LogP contribution in [-0.2, 0) is 31.6 Å². The van der Waals surface area contributed by atoms with Gasteiger partial charge in [-0.15, -0.1) is 0 Å². The summed E-state index contributed by atoms with van der Waals surface area (Å²) in [4.78, 5) is 6.82. The Balaban J connectivity index is 2.51. The number of nitrogens with zero attached hydrogens (tertiary/aromatic N) is 1. The van der Waals surface area contributed by atoms with Crippen LogP contribution in [0, 0.1) is 0 Å². The first-order valence-corrected chi connectivity index (χ1v) is 8.54. The van der Waals surface area contributed by atoms with E-state index in [0.717, 1.165) is 0 Å². The van der Waals surface area contributed by atoms with E-state index in [1.54, 1.807) is 18.2 Å². The van der Waals surface area contributed by atoms with Gasteiger partial charge in [-0.2, -0.15) is 0 Å². The van der Waals surface area contributed by atoms with E-state index in [1.165, 1.54) is 0 Å². The van der Waals surface area contributed by atoms with Crippen LogP contribution in [0.3, 0.4) is 0 Å². The van der Waals surface area contributed by atoms with Crippen LogP contribution >= 0.6 is 0 Å². The fourth-order valence-electron chi connectivity index (χ4n) is 1.73. The number of rotatable bonds is 4. The van der Waals surface area contributed by atoms with Crippen molar-refractivity contribution in [3.63, 3.8) is 0 Å². The Hall–Kier alpha value is -1.49. The van der Waals surface area contributed by atoms with Crippen molar-refractivity contribution in [2.24, 2.45) is 10.3 Å². The summed E-state index contributed by atoms with van der Waals surface area (Å²) in [6.45, 7) is 0. The van der Waals surface area contributed by atoms with E-state index in [-0.39, 0.29) is 11.6 Å². The molecule has 0 atom stereocenters. The average Bonchev–Trinajstić information content (AvgIpc) is 2.55. The molecule has 0 unspecified atom stereocenters. The van der Waals surface area contributed by atoms with Crippen molar-refractivity contribution in [2.45, 2.75) is 11.5 Å². The van der Waals surface area contributed by atoms with Gasteiger partial charge in [0.2, 0.25) is 20.0 Å². The maximum absolute atomic E-state index is 11.1. The first-order chi connectivity index (χ1) is 8.64. The molecular formula is C9H12N4O4S2. The molecule has 5 N–H and O–H groups in total. The number of aromatic nitrogens is 2. The van der Waals surface area contributed by atoms with Crippen LogP contribution in [0.2, 0.25) is 0 Å². The second-order valence-electron chi connectivity index (χ2n) is 4.11. The number of aromatic amines is 1. The lowest BCUT2D eigenvalue weighted by molar-refractivity contribution is 0.594. The molecular weight excluding hydrogens is 292 g/mol. The van der Waals surface area contributed by atoms with Crippen molar-refractivity contribution < 1.29 is 16.8 Å². The largest absolute Gasteiger partial charge is 0.341 e. The van der Waals surface area contributed by atoms with Crippen LogP contribution in [0.15, 0.2) is 18.2 Å². The molecule has 0 saturated carbocycles. The van der Waals surface area contributed by atoms with Gasteiger partial charge in [-0.05, 0) is 11.6 Å². The number of primary sulfonamides is 2. The van der Waals surface area contributed by atoms with Gasteiger partial charge in [0, 0.05) is 0 Å². The van der Waals surface area contributed by atoms with Gasteiger partial charge in [-0.1, -0.05) is 12.1 Å². The predicted octanol–water partition coefficient (Wildman–Crippen LogP) is -0.860. The Morgan fingerprint density at radius 1 is 1.05 bits per heavy atom. The molecule has 8 nitrogen and oxygen atoms in total. The standard InChI is InChI=1S/C9H12N4O4S2/c10-18(14,15)4-6-2-1-3-7-9(6)13-8(12-7)5-19(11,16)17/h1-3H,4-5H2,(H,12,13)(H2,10,14,15)(H2,11,16,17). The number of fused-ring (bicyclic) bond motifs is 1. The first kappa shape index (κ1) is 13.9. The molecule has 19 heavy (non-hydrogen) atoms. The van der Waals surface area contributed by atoms with Crippen molar-refractivity contribution in [1.29, 1.82) is 0 Å². The van der Waals surface area contributed by atoms with Crippen LogP contribution in [-0.4, -0.2) is 26.8 Å². The van der Waals surface area contributed by atoms with Gasteiger partial charge in [0.1, 0.15) is 11.6 Å². The maximum atomic E-state index is 11.1. The molecule has 10 heteroatoms. The number of imidazole rings is 1. The van der Waals surface area contributed by atoms with Crippen LogP contribution in [0.5, 0.6) is 0 Å². The minimum Gasteiger partial charge on any atom is -0.341 e. The summed E-state index contributed by atoms with van der Waals surface area (Å²) in [5.74, 6) is -0.667. The molecule has 0 aliphatic carbocycles. The molecule has 0 radical (unpaired) electrons. The summed E-state index contributed by atoms with van der Waals surface area (Å²) in [5.41, 5.74) is 1.30. The van der Waals surface area contributed by atoms with Gasteiger partial charge in [0.05, 0.1) is 16.8 Å². The van der Waals surface area contributed by atoms with Gasteiger partial charge < -0.3 is 4.98 Å². The third-order valence-corrected chi connectivity index (χ3v) is 3.73. The highest BCUT2D eigenvalue weighted by Gasteiger charge is 2.14. The van der Waals surface area contributed by atoms with Gasteiger partial charge in [-0.3, -0.25) is 0 Å². The smallest absolute Gasteiger partial charge is 0.216 e. The Kier molecular flexibility index (Phi) is 3.34. The zero-order valence-electron chi connectivity index (χ0n) is 9.70. The fraction of sp³-hybridized carbons (Fsp3) is 0.222. The Labute approximate surface area is 109 Å². The summed E-state index contributed by atoms with van der Waals surface area (Å²) in [5, 5.41) is 9.91. The monoisotopic (exact) mass is 304 g/mol. The molecule has 0 amide bonds. The topological polar surface area (TPSA) is 149 Å². The third-order valence-electron chi connectivity index (χ3n) is 2.34. The number of nitrogens with one attached hydrogen (secondary N) is 1. The van der Waals surface area contributed by atoms with Gasteiger partial charge in [-0.25, -0.2) is 32.1 Å². The highest BCUT2D eigenvalue weighted by molar-refractivity contribution is 7.88. The van der Waals surface area contributed by atoms with E-state index >= 15 is 0 Å². The molecule has 0 fully saturated rings. The highest BCUT2D eigenvalue weighted by atomic mass is 32.2. The lowest BCUT2D eigenvalue weighted by Crippen LogP contribution is -2.15. The lowest BCUT2D eigenvalue weighted by atomic mass is 10.2. The van der Waals surface area contributed by atoms with E-state index < -0.39 is 25.8 Å². The molecule has 104 valence electrons. The Morgan fingerprint density at radius 3 is 2.26 bits per heavy atom. The zero-order valence-corrected chi connectivity index (χ0v) is 11.3. The van der Waals surface area contributed by atoms with E-state index in [9.17, 15) is 16.8 Å². The minimum atomic E-state index is -3.71. The molecule has 1 aromatic heterocycles. The quantitative estimate of drug-likeness (QED) is 0.671. The molecule has 1 heterocycles. The minimum absolute atomic E-state index is 0.152. The summed E-state index contributed by atoms with van der Waals surface area (Å²) >= 11 is 0. The van der Waals surface area contributed by atoms with Crippen molar-refractivity contribution in [1.82, 2.24) is 9.97 Å². The van der Waals surface area contributed by atoms with E-state index in [0.29, 0.717) is 16.6 Å². The van der Waals surface area contributed by atoms with Crippen molar-refractivity contribution in [3.8, 4) is 0 Å². The van der Waals surface area contributed by atoms with Crippen LogP contribution < -0.4 is 10.3 Å². The highest BCUT2D eigenvalue weighted by Crippen LogP contribution is 2.18. The number of H-pyrrole nitrogens is 1. The van der Waals surface area contributed by atoms with Gasteiger partial charge >= 0.3 is 0 Å². The van der Waals surface area contributed by atoms with E-state index in [1.807, 2.05) is 0 Å². The number of sulfonamides is 2. The molecule has 0 saturated heterocycles. The third kappa shape index (κ3) is 3.73. The Bertz CT molecular complexity index is 823. The summed E-state index contributed by atoms with van der Waals surface area (Å²) in [6.07, 6.45) is 0. The summed E-state index contributed by atoms with van der Waals surface area (Å²) in [7, 11) is -7.40. The lowest BCUT2D eigenvalue weighted by Gasteiger charge is -1.99. The number of benzene rings is 1. The predicted molar refractivity (Wildman–Crippen MR) is 69.7 cm³/mol.